The van der Waals surface area contributed by atoms with Crippen molar-refractivity contribution < 1.29 is 13.9 Å². The summed E-state index contributed by atoms with van der Waals surface area (Å²) >= 11 is 6.16. The third kappa shape index (κ3) is 5.32. The summed E-state index contributed by atoms with van der Waals surface area (Å²) in [5.74, 6) is 0.622. The molecule has 1 aliphatic carbocycles. The molecular weight excluding hydrogens is 357 g/mol. The summed E-state index contributed by atoms with van der Waals surface area (Å²) in [7, 11) is 0. The van der Waals surface area contributed by atoms with E-state index in [2.05, 4.69) is 15.6 Å². The van der Waals surface area contributed by atoms with Crippen LogP contribution in [0.1, 0.15) is 37.7 Å². The van der Waals surface area contributed by atoms with Crippen LogP contribution in [0.5, 0.6) is 0 Å². The van der Waals surface area contributed by atoms with Crippen LogP contribution in [0.2, 0.25) is 5.02 Å². The van der Waals surface area contributed by atoms with E-state index in [0.717, 1.165) is 38.4 Å². The molecule has 1 saturated carbocycles. The van der Waals surface area contributed by atoms with Gasteiger partial charge in [0.05, 0.1) is 12.7 Å². The molecule has 1 aliphatic heterocycles. The van der Waals surface area contributed by atoms with E-state index in [1.54, 1.807) is 12.1 Å². The van der Waals surface area contributed by atoms with E-state index in [9.17, 15) is 4.39 Å². The third-order valence-electron chi connectivity index (χ3n) is 4.64. The lowest BCUT2D eigenvalue weighted by Gasteiger charge is -2.12. The molecule has 0 amide bonds. The topological polar surface area (TPSA) is 54.9 Å². The zero-order chi connectivity index (χ0) is 18.4. The lowest BCUT2D eigenvalue weighted by atomic mass is 10.1. The summed E-state index contributed by atoms with van der Waals surface area (Å²) in [6.45, 7) is 5.67. The molecule has 3 rings (SSSR count). The van der Waals surface area contributed by atoms with Crippen molar-refractivity contribution in [3.63, 3.8) is 0 Å². The Bertz CT molecular complexity index is 603. The average Bonchev–Trinajstić information content (AvgIpc) is 3.15. The van der Waals surface area contributed by atoms with Crippen LogP contribution in [0, 0.1) is 5.82 Å². The van der Waals surface area contributed by atoms with Gasteiger partial charge in [0.1, 0.15) is 5.82 Å². The fourth-order valence-corrected chi connectivity index (χ4v) is 3.49. The molecule has 2 aliphatic rings. The van der Waals surface area contributed by atoms with Crippen LogP contribution in [-0.4, -0.2) is 51.0 Å². The highest BCUT2D eigenvalue weighted by atomic mass is 35.5. The maximum Gasteiger partial charge on any atom is 0.191 e. The molecule has 3 unspecified atom stereocenters. The molecule has 0 radical (unpaired) electrons. The number of aliphatic imine (C=N–C) groups is 1. The summed E-state index contributed by atoms with van der Waals surface area (Å²) in [4.78, 5) is 4.59. The first-order valence-electron chi connectivity index (χ1n) is 9.37. The van der Waals surface area contributed by atoms with Gasteiger partial charge in [-0.1, -0.05) is 17.7 Å². The van der Waals surface area contributed by atoms with Gasteiger partial charge in [0.15, 0.2) is 5.96 Å². The first-order chi connectivity index (χ1) is 12.7. The van der Waals surface area contributed by atoms with Crippen LogP contribution in [-0.2, 0) is 9.47 Å². The number of nitrogens with zero attached hydrogens (tertiary/aromatic N) is 1. The third-order valence-corrected chi connectivity index (χ3v) is 4.97. The van der Waals surface area contributed by atoms with Gasteiger partial charge in [0, 0.05) is 48.8 Å². The zero-order valence-electron chi connectivity index (χ0n) is 15.1. The van der Waals surface area contributed by atoms with Crippen LogP contribution in [0.3, 0.4) is 0 Å². The van der Waals surface area contributed by atoms with Gasteiger partial charge < -0.3 is 20.1 Å². The maximum absolute atomic E-state index is 14.0. The van der Waals surface area contributed by atoms with Crippen molar-refractivity contribution in [3.05, 3.63) is 34.6 Å². The second kappa shape index (κ2) is 9.53. The van der Waals surface area contributed by atoms with Crippen LogP contribution in [0.15, 0.2) is 23.2 Å². The standard InChI is InChI=1S/C19H27ClFN3O2/c1-2-22-19(23-8-4-9-26-13-7-10-25-12-13)24-17-11-14(17)18-15(20)5-3-6-16(18)21/h3,5-6,13-14,17H,2,4,7-12H2,1H3,(H2,22,23,24). The highest BCUT2D eigenvalue weighted by Crippen LogP contribution is 2.44. The molecule has 1 aromatic rings. The van der Waals surface area contributed by atoms with Crippen molar-refractivity contribution >= 4 is 17.6 Å². The second-order valence-corrected chi connectivity index (χ2v) is 7.11. The monoisotopic (exact) mass is 383 g/mol. The molecule has 2 N–H and O–H groups in total. The Morgan fingerprint density at radius 1 is 1.46 bits per heavy atom. The van der Waals surface area contributed by atoms with Crippen molar-refractivity contribution in [2.24, 2.45) is 4.99 Å². The van der Waals surface area contributed by atoms with E-state index in [4.69, 9.17) is 21.1 Å². The molecule has 0 aromatic heterocycles. The SMILES string of the molecule is CCNC(=NCCCOC1CCOC1)NC1CC1c1c(F)cccc1Cl. The molecule has 7 heteroatoms. The van der Waals surface area contributed by atoms with E-state index in [1.165, 1.54) is 6.07 Å². The van der Waals surface area contributed by atoms with Crippen LogP contribution < -0.4 is 10.6 Å². The molecule has 1 aromatic carbocycles. The van der Waals surface area contributed by atoms with Gasteiger partial charge in [-0.3, -0.25) is 4.99 Å². The van der Waals surface area contributed by atoms with E-state index < -0.39 is 0 Å². The van der Waals surface area contributed by atoms with Gasteiger partial charge in [-0.05, 0) is 38.3 Å². The Hall–Kier alpha value is -1.37. The molecule has 3 atom stereocenters. The second-order valence-electron chi connectivity index (χ2n) is 6.70. The van der Waals surface area contributed by atoms with Gasteiger partial charge in [0.25, 0.3) is 0 Å². The summed E-state index contributed by atoms with van der Waals surface area (Å²) in [6, 6.07) is 5.00. The maximum atomic E-state index is 14.0. The number of rotatable bonds is 8. The number of hydrogen-bond acceptors (Lipinski definition) is 3. The average molecular weight is 384 g/mol. The Kier molecular flexibility index (Phi) is 7.11. The zero-order valence-corrected chi connectivity index (χ0v) is 15.9. The minimum Gasteiger partial charge on any atom is -0.379 e. The molecule has 26 heavy (non-hydrogen) atoms. The van der Waals surface area contributed by atoms with Crippen LogP contribution >= 0.6 is 11.6 Å². The first-order valence-corrected chi connectivity index (χ1v) is 9.75. The predicted octanol–water partition coefficient (Wildman–Crippen LogP) is 3.09. The fraction of sp³-hybridized carbons (Fsp3) is 0.632. The van der Waals surface area contributed by atoms with E-state index >= 15 is 0 Å². The fourth-order valence-electron chi connectivity index (χ4n) is 3.18. The molecule has 0 spiro atoms. The lowest BCUT2D eigenvalue weighted by molar-refractivity contribution is 0.0424. The van der Waals surface area contributed by atoms with Crippen LogP contribution in [0.25, 0.3) is 0 Å². The summed E-state index contributed by atoms with van der Waals surface area (Å²) < 4.78 is 25.1. The minimum absolute atomic E-state index is 0.0956. The largest absolute Gasteiger partial charge is 0.379 e. The summed E-state index contributed by atoms with van der Waals surface area (Å²) in [5, 5.41) is 7.11. The number of halogens is 2. The van der Waals surface area contributed by atoms with Crippen LogP contribution in [0.4, 0.5) is 4.39 Å². The Labute approximate surface area is 159 Å². The minimum atomic E-state index is -0.234. The number of nitrogens with one attached hydrogen (secondary N) is 2. The Morgan fingerprint density at radius 2 is 2.35 bits per heavy atom. The molecule has 5 nitrogen and oxygen atoms in total. The van der Waals surface area contributed by atoms with Crippen molar-refractivity contribution in [2.75, 3.05) is 32.9 Å². The summed E-state index contributed by atoms with van der Waals surface area (Å²) in [5.41, 5.74) is 0.606. The Balaban J connectivity index is 1.44. The number of benzene rings is 1. The van der Waals surface area contributed by atoms with Crippen molar-refractivity contribution in [3.8, 4) is 0 Å². The van der Waals surface area contributed by atoms with Crippen molar-refractivity contribution in [2.45, 2.75) is 44.2 Å². The molecular formula is C19H27ClFN3O2. The van der Waals surface area contributed by atoms with Gasteiger partial charge in [-0.15, -0.1) is 0 Å². The quantitative estimate of drug-likeness (QED) is 0.411. The van der Waals surface area contributed by atoms with Crippen molar-refractivity contribution in [1.82, 2.24) is 10.6 Å². The summed E-state index contributed by atoms with van der Waals surface area (Å²) in [6.07, 6.45) is 2.94. The predicted molar refractivity (Wildman–Crippen MR) is 101 cm³/mol. The first kappa shape index (κ1) is 19.4. The Morgan fingerprint density at radius 3 is 3.08 bits per heavy atom. The van der Waals surface area contributed by atoms with Gasteiger partial charge in [0.2, 0.25) is 0 Å². The molecule has 1 heterocycles. The van der Waals surface area contributed by atoms with E-state index in [-0.39, 0.29) is 23.9 Å². The van der Waals surface area contributed by atoms with E-state index in [0.29, 0.717) is 30.3 Å². The van der Waals surface area contributed by atoms with Gasteiger partial charge >= 0.3 is 0 Å². The van der Waals surface area contributed by atoms with Crippen molar-refractivity contribution in [1.29, 1.82) is 0 Å². The number of hydrogen-bond donors (Lipinski definition) is 2. The normalized spacial score (nSPS) is 25.3. The number of guanidine groups is 1. The molecule has 2 fully saturated rings. The number of ether oxygens (including phenoxy) is 2. The molecule has 144 valence electrons. The highest BCUT2D eigenvalue weighted by molar-refractivity contribution is 6.31. The highest BCUT2D eigenvalue weighted by Gasteiger charge is 2.41. The van der Waals surface area contributed by atoms with Gasteiger partial charge in [-0.25, -0.2) is 4.39 Å². The molecule has 1 saturated heterocycles. The van der Waals surface area contributed by atoms with E-state index in [1.807, 2.05) is 6.92 Å². The van der Waals surface area contributed by atoms with Gasteiger partial charge in [-0.2, -0.15) is 0 Å². The smallest absolute Gasteiger partial charge is 0.191 e. The lowest BCUT2D eigenvalue weighted by Crippen LogP contribution is -2.39. The molecule has 0 bridgehead atoms.